The van der Waals surface area contributed by atoms with E-state index in [0.717, 1.165) is 12.1 Å². The zero-order chi connectivity index (χ0) is 13.6. The molecule has 19 heavy (non-hydrogen) atoms. The molecule has 0 amide bonds. The van der Waals surface area contributed by atoms with Crippen molar-refractivity contribution in [3.05, 3.63) is 34.7 Å². The van der Waals surface area contributed by atoms with E-state index in [9.17, 15) is 14.4 Å². The van der Waals surface area contributed by atoms with Crippen molar-refractivity contribution < 1.29 is 19.1 Å². The second kappa shape index (κ2) is 4.19. The van der Waals surface area contributed by atoms with Gasteiger partial charge in [-0.25, -0.2) is 4.79 Å². The monoisotopic (exact) mass is 259 g/mol. The average Bonchev–Trinajstić information content (AvgIpc) is 2.93. The van der Waals surface area contributed by atoms with Gasteiger partial charge in [-0.1, -0.05) is 0 Å². The number of carbonyl (C=O) groups excluding carboxylic acids is 3. The largest absolute Gasteiger partial charge is 0.462 e. The number of esters is 1. The van der Waals surface area contributed by atoms with E-state index in [1.165, 1.54) is 12.2 Å². The van der Waals surface area contributed by atoms with Crippen molar-refractivity contribution >= 4 is 17.5 Å². The van der Waals surface area contributed by atoms with Crippen LogP contribution in [0.3, 0.4) is 0 Å². The van der Waals surface area contributed by atoms with E-state index in [0.29, 0.717) is 18.7 Å². The maximum Gasteiger partial charge on any atom is 0.340 e. The fourth-order valence-corrected chi connectivity index (χ4v) is 2.81. The van der Waals surface area contributed by atoms with Crippen LogP contribution in [-0.4, -0.2) is 28.7 Å². The number of aromatic nitrogens is 1. The van der Waals surface area contributed by atoms with Gasteiger partial charge in [0, 0.05) is 12.2 Å². The summed E-state index contributed by atoms with van der Waals surface area (Å²) in [7, 11) is 0. The van der Waals surface area contributed by atoms with Crippen LogP contribution in [0.2, 0.25) is 0 Å². The van der Waals surface area contributed by atoms with Crippen molar-refractivity contribution in [2.45, 2.75) is 26.3 Å². The van der Waals surface area contributed by atoms with E-state index in [4.69, 9.17) is 4.74 Å². The van der Waals surface area contributed by atoms with Crippen LogP contribution in [-0.2, 0) is 17.7 Å². The second-order valence-corrected chi connectivity index (χ2v) is 4.58. The Morgan fingerprint density at radius 2 is 2.05 bits per heavy atom. The smallest absolute Gasteiger partial charge is 0.340 e. The van der Waals surface area contributed by atoms with E-state index < -0.39 is 5.97 Å². The Labute approximate surface area is 109 Å². The number of nitrogens with zero attached hydrogens (tertiary/aromatic N) is 1. The summed E-state index contributed by atoms with van der Waals surface area (Å²) in [5.41, 5.74) is 1.62. The van der Waals surface area contributed by atoms with E-state index in [2.05, 4.69) is 0 Å². The highest BCUT2D eigenvalue weighted by Gasteiger charge is 2.36. The molecule has 0 radical (unpaired) electrons. The zero-order valence-corrected chi connectivity index (χ0v) is 10.6. The standard InChI is InChI=1S/C14H13NO4/c1-2-19-14(18)11-8-4-3-7-15(8)13-10(17)6-5-9(16)12(11)13/h5-6H,2-4,7H2,1H3. The summed E-state index contributed by atoms with van der Waals surface area (Å²) in [6.07, 6.45) is 4.07. The predicted molar refractivity (Wildman–Crippen MR) is 66.5 cm³/mol. The van der Waals surface area contributed by atoms with Crippen molar-refractivity contribution in [2.24, 2.45) is 0 Å². The molecule has 2 heterocycles. The van der Waals surface area contributed by atoms with Crippen molar-refractivity contribution in [1.82, 2.24) is 4.57 Å². The average molecular weight is 259 g/mol. The topological polar surface area (TPSA) is 65.4 Å². The third kappa shape index (κ3) is 1.58. The molecule has 0 saturated heterocycles. The molecule has 0 spiro atoms. The van der Waals surface area contributed by atoms with E-state index in [1.54, 1.807) is 11.5 Å². The van der Waals surface area contributed by atoms with Crippen LogP contribution in [0.5, 0.6) is 0 Å². The van der Waals surface area contributed by atoms with Crippen molar-refractivity contribution in [1.29, 1.82) is 0 Å². The van der Waals surface area contributed by atoms with Gasteiger partial charge in [0.25, 0.3) is 0 Å². The first-order valence-corrected chi connectivity index (χ1v) is 6.34. The van der Waals surface area contributed by atoms with Gasteiger partial charge in [-0.05, 0) is 31.9 Å². The number of ether oxygens (including phenoxy) is 1. The summed E-state index contributed by atoms with van der Waals surface area (Å²) in [5.74, 6) is -1.02. The van der Waals surface area contributed by atoms with Gasteiger partial charge in [0.05, 0.1) is 17.7 Å². The van der Waals surface area contributed by atoms with Gasteiger partial charge in [0.2, 0.25) is 5.78 Å². The first-order valence-electron chi connectivity index (χ1n) is 6.34. The molecule has 1 aromatic heterocycles. The summed E-state index contributed by atoms with van der Waals surface area (Å²) >= 11 is 0. The van der Waals surface area contributed by atoms with Gasteiger partial charge in [-0.15, -0.1) is 0 Å². The minimum Gasteiger partial charge on any atom is -0.462 e. The van der Waals surface area contributed by atoms with Crippen LogP contribution >= 0.6 is 0 Å². The molecule has 0 fully saturated rings. The first-order chi connectivity index (χ1) is 9.15. The maximum absolute atomic E-state index is 12.1. The molecule has 2 aliphatic rings. The second-order valence-electron chi connectivity index (χ2n) is 4.58. The minimum absolute atomic E-state index is 0.215. The number of fused-ring (bicyclic) bond motifs is 3. The number of ketones is 2. The van der Waals surface area contributed by atoms with Crippen LogP contribution in [0.1, 0.15) is 50.2 Å². The Kier molecular flexibility index (Phi) is 2.62. The molecule has 0 N–H and O–H groups in total. The SMILES string of the molecule is CCOC(=O)c1c2c(n3c1CCC3)C(=O)C=CC2=O. The third-order valence-corrected chi connectivity index (χ3v) is 3.51. The lowest BCUT2D eigenvalue weighted by atomic mass is 9.96. The number of carbonyl (C=O) groups is 3. The van der Waals surface area contributed by atoms with Crippen LogP contribution < -0.4 is 0 Å². The van der Waals surface area contributed by atoms with Crippen molar-refractivity contribution in [3.63, 3.8) is 0 Å². The Hall–Kier alpha value is -2.17. The van der Waals surface area contributed by atoms with Crippen LogP contribution in [0, 0.1) is 0 Å². The summed E-state index contributed by atoms with van der Waals surface area (Å²) in [6.45, 7) is 2.63. The highest BCUT2D eigenvalue weighted by molar-refractivity contribution is 6.25. The lowest BCUT2D eigenvalue weighted by Gasteiger charge is -2.08. The fourth-order valence-electron chi connectivity index (χ4n) is 2.81. The van der Waals surface area contributed by atoms with Gasteiger partial charge < -0.3 is 9.30 Å². The van der Waals surface area contributed by atoms with Crippen LogP contribution in [0.4, 0.5) is 0 Å². The highest BCUT2D eigenvalue weighted by atomic mass is 16.5. The number of hydrogen-bond donors (Lipinski definition) is 0. The molecule has 0 bridgehead atoms. The molecular weight excluding hydrogens is 246 g/mol. The highest BCUT2D eigenvalue weighted by Crippen LogP contribution is 2.32. The quantitative estimate of drug-likeness (QED) is 0.756. The Morgan fingerprint density at radius 1 is 1.32 bits per heavy atom. The zero-order valence-electron chi connectivity index (χ0n) is 10.6. The molecular formula is C14H13NO4. The Bertz CT molecular complexity index is 636. The van der Waals surface area contributed by atoms with Crippen molar-refractivity contribution in [3.8, 4) is 0 Å². The first kappa shape index (κ1) is 11.9. The lowest BCUT2D eigenvalue weighted by Crippen LogP contribution is -2.17. The normalized spacial score (nSPS) is 16.5. The maximum atomic E-state index is 12.1. The van der Waals surface area contributed by atoms with Gasteiger partial charge in [-0.3, -0.25) is 9.59 Å². The summed E-state index contributed by atoms with van der Waals surface area (Å²) < 4.78 is 6.82. The number of rotatable bonds is 2. The third-order valence-electron chi connectivity index (χ3n) is 3.51. The molecule has 0 aromatic carbocycles. The molecule has 5 nitrogen and oxygen atoms in total. The summed E-state index contributed by atoms with van der Waals surface area (Å²) in [5, 5.41) is 0. The molecule has 1 aliphatic heterocycles. The summed E-state index contributed by atoms with van der Waals surface area (Å²) in [6, 6.07) is 0. The molecule has 0 saturated carbocycles. The molecule has 3 rings (SSSR count). The van der Waals surface area contributed by atoms with Crippen LogP contribution in [0.25, 0.3) is 0 Å². The molecule has 0 unspecified atom stereocenters. The lowest BCUT2D eigenvalue weighted by molar-refractivity contribution is 0.0522. The van der Waals surface area contributed by atoms with E-state index >= 15 is 0 Å². The van der Waals surface area contributed by atoms with Gasteiger partial charge >= 0.3 is 5.97 Å². The van der Waals surface area contributed by atoms with Crippen LogP contribution in [0.15, 0.2) is 12.2 Å². The molecule has 5 heteroatoms. The number of hydrogen-bond acceptors (Lipinski definition) is 4. The molecule has 1 aliphatic carbocycles. The van der Waals surface area contributed by atoms with E-state index in [1.807, 2.05) is 0 Å². The minimum atomic E-state index is -0.508. The van der Waals surface area contributed by atoms with E-state index in [-0.39, 0.29) is 29.3 Å². The fraction of sp³-hybridized carbons (Fsp3) is 0.357. The van der Waals surface area contributed by atoms with Gasteiger partial charge in [0.15, 0.2) is 5.78 Å². The van der Waals surface area contributed by atoms with Gasteiger partial charge in [-0.2, -0.15) is 0 Å². The molecule has 0 atom stereocenters. The Morgan fingerprint density at radius 3 is 2.79 bits per heavy atom. The predicted octanol–water partition coefficient (Wildman–Crippen LogP) is 1.55. The van der Waals surface area contributed by atoms with Gasteiger partial charge in [0.1, 0.15) is 5.69 Å². The number of allylic oxidation sites excluding steroid dienone is 2. The molecule has 1 aromatic rings. The summed E-state index contributed by atoms with van der Waals surface area (Å²) in [4.78, 5) is 36.0. The Balaban J connectivity index is 2.26. The molecule has 98 valence electrons. The van der Waals surface area contributed by atoms with Crippen molar-refractivity contribution in [2.75, 3.05) is 6.61 Å².